The van der Waals surface area contributed by atoms with E-state index in [1.807, 2.05) is 0 Å². The van der Waals surface area contributed by atoms with E-state index in [9.17, 15) is 0 Å². The number of rotatable bonds is 3. The highest BCUT2D eigenvalue weighted by Gasteiger charge is 1.89. The molecule has 0 unspecified atom stereocenters. The lowest BCUT2D eigenvalue weighted by molar-refractivity contribution is 1.31. The Morgan fingerprint density at radius 1 is 0.500 bits per heavy atom. The number of hydrogen-bond donors (Lipinski definition) is 0. The molecule has 0 aromatic heterocycles. The molecule has 0 saturated carbocycles. The maximum absolute atomic E-state index is 2.17. The zero-order chi connectivity index (χ0) is 11.1. The Labute approximate surface area is 88.7 Å². The molecule has 0 heterocycles. The molecule has 0 aliphatic heterocycles. The van der Waals surface area contributed by atoms with Crippen LogP contribution in [0.25, 0.3) is 0 Å². The lowest BCUT2D eigenvalue weighted by Gasteiger charge is -1.98. The van der Waals surface area contributed by atoms with E-state index in [0.29, 0.717) is 0 Å². The van der Waals surface area contributed by atoms with Gasteiger partial charge in [0.2, 0.25) is 0 Å². The summed E-state index contributed by atoms with van der Waals surface area (Å²) < 4.78 is 0. The van der Waals surface area contributed by atoms with Crippen molar-refractivity contribution < 1.29 is 0 Å². The minimum absolute atomic E-state index is 1.32. The fraction of sp³-hybridized carbons (Fsp3) is 0.429. The average molecular weight is 190 g/mol. The van der Waals surface area contributed by atoms with Crippen LogP contribution in [-0.2, 0) is 0 Å². The first-order chi connectivity index (χ1) is 6.43. The molecule has 0 aromatic carbocycles. The van der Waals surface area contributed by atoms with Gasteiger partial charge in [-0.25, -0.2) is 0 Å². The van der Waals surface area contributed by atoms with Crippen LogP contribution < -0.4 is 0 Å². The number of hydrogen-bond acceptors (Lipinski definition) is 0. The molecule has 0 saturated heterocycles. The Balaban J connectivity index is 4.62. The monoisotopic (exact) mass is 190 g/mol. The molecule has 0 aliphatic carbocycles. The molecule has 0 atom stereocenters. The molecule has 0 fully saturated rings. The van der Waals surface area contributed by atoms with Crippen molar-refractivity contribution in [2.45, 2.75) is 41.5 Å². The molecular weight excluding hydrogens is 168 g/mol. The highest BCUT2D eigenvalue weighted by Crippen LogP contribution is 2.09. The summed E-state index contributed by atoms with van der Waals surface area (Å²) in [6.45, 7) is 12.7. The maximum atomic E-state index is 2.17. The average Bonchev–Trinajstić information content (AvgIpc) is 2.09. The molecule has 0 radical (unpaired) electrons. The van der Waals surface area contributed by atoms with Gasteiger partial charge in [-0.1, -0.05) is 35.5 Å². The van der Waals surface area contributed by atoms with E-state index in [1.54, 1.807) is 0 Å². The Morgan fingerprint density at radius 3 is 1.00 bits per heavy atom. The van der Waals surface area contributed by atoms with Crippen LogP contribution in [0, 0.1) is 0 Å². The first kappa shape index (κ1) is 13.0. The van der Waals surface area contributed by atoms with E-state index < -0.39 is 0 Å². The van der Waals surface area contributed by atoms with Crippen molar-refractivity contribution in [1.82, 2.24) is 0 Å². The van der Waals surface area contributed by atoms with Gasteiger partial charge < -0.3 is 0 Å². The molecule has 0 aromatic rings. The lowest BCUT2D eigenvalue weighted by Crippen LogP contribution is -1.78. The van der Waals surface area contributed by atoms with Crippen molar-refractivity contribution in [1.29, 1.82) is 0 Å². The quantitative estimate of drug-likeness (QED) is 0.560. The fourth-order valence-corrected chi connectivity index (χ4v) is 0.846. The fourth-order valence-electron chi connectivity index (χ4n) is 0.846. The van der Waals surface area contributed by atoms with Gasteiger partial charge in [-0.15, -0.1) is 0 Å². The van der Waals surface area contributed by atoms with Gasteiger partial charge in [-0.2, -0.15) is 0 Å². The zero-order valence-electron chi connectivity index (χ0n) is 10.3. The number of allylic oxidation sites excluding steroid dienone is 8. The maximum Gasteiger partial charge on any atom is -0.0395 e. The Kier molecular flexibility index (Phi) is 5.94. The highest BCUT2D eigenvalue weighted by atomic mass is 14.0. The van der Waals surface area contributed by atoms with Crippen LogP contribution in [0.2, 0.25) is 0 Å². The summed E-state index contributed by atoms with van der Waals surface area (Å²) >= 11 is 0. The second-order valence-electron chi connectivity index (χ2n) is 4.19. The van der Waals surface area contributed by atoms with E-state index in [4.69, 9.17) is 0 Å². The van der Waals surface area contributed by atoms with Gasteiger partial charge in [-0.05, 0) is 52.7 Å². The van der Waals surface area contributed by atoms with Gasteiger partial charge >= 0.3 is 0 Å². The molecule has 0 N–H and O–H groups in total. The van der Waals surface area contributed by atoms with E-state index in [2.05, 4.69) is 65.8 Å². The van der Waals surface area contributed by atoms with Crippen LogP contribution >= 0.6 is 0 Å². The second-order valence-corrected chi connectivity index (χ2v) is 4.19. The summed E-state index contributed by atoms with van der Waals surface area (Å²) in [7, 11) is 0. The van der Waals surface area contributed by atoms with Gasteiger partial charge in [0, 0.05) is 0 Å². The molecule has 0 spiro atoms. The third kappa shape index (κ3) is 6.47. The van der Waals surface area contributed by atoms with Gasteiger partial charge in [-0.3, -0.25) is 0 Å². The van der Waals surface area contributed by atoms with Crippen molar-refractivity contribution in [2.75, 3.05) is 0 Å². The molecule has 0 bridgehead atoms. The minimum atomic E-state index is 1.32. The van der Waals surface area contributed by atoms with Crippen molar-refractivity contribution in [3.05, 3.63) is 46.6 Å². The summed E-state index contributed by atoms with van der Waals surface area (Å²) in [5, 5.41) is 0. The Morgan fingerprint density at radius 2 is 0.786 bits per heavy atom. The molecule has 14 heavy (non-hydrogen) atoms. The smallest absolute Gasteiger partial charge is 0.0395 e. The van der Waals surface area contributed by atoms with Crippen LogP contribution in [-0.4, -0.2) is 0 Å². The first-order valence-electron chi connectivity index (χ1n) is 5.07. The molecule has 0 nitrogen and oxygen atoms in total. The van der Waals surface area contributed by atoms with E-state index >= 15 is 0 Å². The summed E-state index contributed by atoms with van der Waals surface area (Å²) in [5.74, 6) is 0. The lowest BCUT2D eigenvalue weighted by atomic mass is 10.1. The van der Waals surface area contributed by atoms with Crippen LogP contribution in [0.1, 0.15) is 41.5 Å². The predicted octanol–water partition coefficient (Wildman–Crippen LogP) is 4.81. The molecule has 0 rings (SSSR count). The minimum Gasteiger partial charge on any atom is -0.0764 e. The molecule has 0 amide bonds. The highest BCUT2D eigenvalue weighted by molar-refractivity contribution is 5.34. The van der Waals surface area contributed by atoms with Gasteiger partial charge in [0.1, 0.15) is 0 Å². The summed E-state index contributed by atoms with van der Waals surface area (Å²) in [4.78, 5) is 0. The normalized spacial score (nSPS) is 12.4. The Bertz CT molecular complexity index is 256. The standard InChI is InChI=1S/C14H22/c1-11(2)7-9-13(5)14(6)10-8-12(3)4/h7-10H,1-6H3/b13-9+,14-10+. The van der Waals surface area contributed by atoms with Gasteiger partial charge in [0.15, 0.2) is 0 Å². The van der Waals surface area contributed by atoms with Crippen molar-refractivity contribution in [3.63, 3.8) is 0 Å². The van der Waals surface area contributed by atoms with Crippen LogP contribution in [0.15, 0.2) is 46.6 Å². The van der Waals surface area contributed by atoms with Crippen LogP contribution in [0.5, 0.6) is 0 Å². The largest absolute Gasteiger partial charge is 0.0764 e. The second kappa shape index (κ2) is 6.42. The van der Waals surface area contributed by atoms with Crippen molar-refractivity contribution in [3.8, 4) is 0 Å². The molecule has 0 aliphatic rings. The van der Waals surface area contributed by atoms with E-state index in [0.717, 1.165) is 0 Å². The summed E-state index contributed by atoms with van der Waals surface area (Å²) in [6.07, 6.45) is 8.63. The topological polar surface area (TPSA) is 0 Å². The zero-order valence-corrected chi connectivity index (χ0v) is 10.3. The summed E-state index contributed by atoms with van der Waals surface area (Å²) in [6, 6.07) is 0. The molecule has 78 valence electrons. The third-order valence-corrected chi connectivity index (χ3v) is 1.96. The van der Waals surface area contributed by atoms with Crippen molar-refractivity contribution in [2.24, 2.45) is 0 Å². The van der Waals surface area contributed by atoms with Crippen LogP contribution in [0.3, 0.4) is 0 Å². The third-order valence-electron chi connectivity index (χ3n) is 1.96. The predicted molar refractivity (Wildman–Crippen MR) is 66.4 cm³/mol. The molecular formula is C14H22. The van der Waals surface area contributed by atoms with E-state index in [1.165, 1.54) is 22.3 Å². The SMILES string of the molecule is CC(C)=C/C=C(C)/C(C)=C/C=C(C)C. The van der Waals surface area contributed by atoms with E-state index in [-0.39, 0.29) is 0 Å². The first-order valence-corrected chi connectivity index (χ1v) is 5.07. The van der Waals surface area contributed by atoms with Gasteiger partial charge in [0.05, 0.1) is 0 Å². The van der Waals surface area contributed by atoms with Gasteiger partial charge in [0.25, 0.3) is 0 Å². The summed E-state index contributed by atoms with van der Waals surface area (Å²) in [5.41, 5.74) is 5.31. The van der Waals surface area contributed by atoms with Crippen LogP contribution in [0.4, 0.5) is 0 Å². The molecule has 0 heteroatoms. The van der Waals surface area contributed by atoms with Crippen molar-refractivity contribution >= 4 is 0 Å². The Hall–Kier alpha value is -1.04.